The first-order valence-corrected chi connectivity index (χ1v) is 7.34. The minimum absolute atomic E-state index is 0.102. The number of rotatable bonds is 5. The van der Waals surface area contributed by atoms with Crippen molar-refractivity contribution in [2.75, 3.05) is 5.32 Å². The summed E-state index contributed by atoms with van der Waals surface area (Å²) in [6.07, 6.45) is 3.81. The Balaban J connectivity index is 1.59. The maximum Gasteiger partial charge on any atom is 0.270 e. The van der Waals surface area contributed by atoms with Crippen molar-refractivity contribution in [2.45, 2.75) is 25.4 Å². The lowest BCUT2D eigenvalue weighted by molar-refractivity contribution is 0.0946. The Morgan fingerprint density at radius 2 is 2.05 bits per heavy atom. The zero-order valence-corrected chi connectivity index (χ0v) is 12.2. The Kier molecular flexibility index (Phi) is 4.06. The Morgan fingerprint density at radius 3 is 2.71 bits per heavy atom. The minimum Gasteiger partial charge on any atom is -0.380 e. The van der Waals surface area contributed by atoms with Gasteiger partial charge >= 0.3 is 0 Å². The van der Waals surface area contributed by atoms with Gasteiger partial charge in [0.1, 0.15) is 5.69 Å². The summed E-state index contributed by atoms with van der Waals surface area (Å²) in [4.78, 5) is 16.0. The Morgan fingerprint density at radius 1 is 1.24 bits per heavy atom. The van der Waals surface area contributed by atoms with Crippen LogP contribution < -0.4 is 10.6 Å². The fourth-order valence-electron chi connectivity index (χ4n) is 1.96. The summed E-state index contributed by atoms with van der Waals surface area (Å²) in [5.41, 5.74) is 2.33. The second-order valence-corrected chi connectivity index (χ2v) is 5.53. The van der Waals surface area contributed by atoms with E-state index in [9.17, 15) is 4.79 Å². The molecule has 4 nitrogen and oxygen atoms in total. The van der Waals surface area contributed by atoms with Gasteiger partial charge in [-0.2, -0.15) is 0 Å². The van der Waals surface area contributed by atoms with Crippen molar-refractivity contribution in [3.05, 3.63) is 58.9 Å². The van der Waals surface area contributed by atoms with Crippen LogP contribution in [0.2, 0.25) is 5.02 Å². The minimum atomic E-state index is -0.102. The number of nitrogens with zero attached hydrogens (tertiary/aromatic N) is 1. The Labute approximate surface area is 128 Å². The van der Waals surface area contributed by atoms with Crippen molar-refractivity contribution in [3.8, 4) is 0 Å². The molecule has 3 rings (SSSR count). The van der Waals surface area contributed by atoms with E-state index in [4.69, 9.17) is 11.6 Å². The van der Waals surface area contributed by atoms with E-state index in [2.05, 4.69) is 15.6 Å². The highest BCUT2D eigenvalue weighted by atomic mass is 35.5. The van der Waals surface area contributed by atoms with Crippen LogP contribution in [0.4, 0.5) is 5.69 Å². The molecule has 1 saturated carbocycles. The number of hydrogen-bond acceptors (Lipinski definition) is 3. The van der Waals surface area contributed by atoms with E-state index < -0.39 is 0 Å². The summed E-state index contributed by atoms with van der Waals surface area (Å²) in [6.45, 7) is 0.620. The van der Waals surface area contributed by atoms with E-state index in [0.717, 1.165) is 29.1 Å². The number of carbonyl (C=O) groups is 1. The fraction of sp³-hybridized carbons (Fsp3) is 0.250. The molecular weight excluding hydrogens is 286 g/mol. The van der Waals surface area contributed by atoms with Gasteiger partial charge in [0.2, 0.25) is 0 Å². The average molecular weight is 302 g/mol. The molecule has 2 aromatic rings. The number of benzene rings is 1. The molecule has 5 heteroatoms. The second-order valence-electron chi connectivity index (χ2n) is 5.12. The summed E-state index contributed by atoms with van der Waals surface area (Å²) in [7, 11) is 0. The van der Waals surface area contributed by atoms with Crippen molar-refractivity contribution in [2.24, 2.45) is 0 Å². The van der Waals surface area contributed by atoms with E-state index in [1.807, 2.05) is 30.3 Å². The zero-order valence-electron chi connectivity index (χ0n) is 11.5. The number of carbonyl (C=O) groups excluding carboxylic acids is 1. The molecule has 21 heavy (non-hydrogen) atoms. The highest BCUT2D eigenvalue weighted by Gasteiger charge is 2.24. The van der Waals surface area contributed by atoms with Crippen molar-refractivity contribution in [3.63, 3.8) is 0 Å². The van der Waals surface area contributed by atoms with Crippen LogP contribution in [0.15, 0.2) is 42.6 Å². The number of aromatic nitrogens is 1. The van der Waals surface area contributed by atoms with Gasteiger partial charge in [0, 0.05) is 17.6 Å². The Bertz CT molecular complexity index is 638. The van der Waals surface area contributed by atoms with Gasteiger partial charge in [0.15, 0.2) is 0 Å². The van der Waals surface area contributed by atoms with Crippen LogP contribution in [0.1, 0.15) is 28.9 Å². The van der Waals surface area contributed by atoms with E-state index >= 15 is 0 Å². The molecule has 1 aromatic heterocycles. The molecule has 0 unspecified atom stereocenters. The quantitative estimate of drug-likeness (QED) is 0.891. The first-order valence-electron chi connectivity index (χ1n) is 6.96. The predicted molar refractivity (Wildman–Crippen MR) is 83.5 cm³/mol. The largest absolute Gasteiger partial charge is 0.380 e. The van der Waals surface area contributed by atoms with E-state index in [1.54, 1.807) is 12.3 Å². The predicted octanol–water partition coefficient (Wildman–Crippen LogP) is 3.24. The third-order valence-electron chi connectivity index (χ3n) is 3.35. The van der Waals surface area contributed by atoms with Crippen LogP contribution in [0.3, 0.4) is 0 Å². The van der Waals surface area contributed by atoms with E-state index in [-0.39, 0.29) is 5.91 Å². The summed E-state index contributed by atoms with van der Waals surface area (Å²) >= 11 is 6.10. The van der Waals surface area contributed by atoms with Gasteiger partial charge in [0.25, 0.3) is 5.91 Å². The van der Waals surface area contributed by atoms with Crippen LogP contribution in [0, 0.1) is 0 Å². The van der Waals surface area contributed by atoms with Crippen LogP contribution in [0.25, 0.3) is 0 Å². The number of nitrogens with one attached hydrogen (secondary N) is 2. The molecular formula is C16H16ClN3O. The molecule has 1 fully saturated rings. The van der Waals surface area contributed by atoms with Crippen LogP contribution in [-0.4, -0.2) is 16.9 Å². The summed E-state index contributed by atoms with van der Waals surface area (Å²) in [5, 5.41) is 6.89. The molecule has 1 aliphatic carbocycles. The maximum absolute atomic E-state index is 11.8. The molecule has 0 saturated heterocycles. The molecule has 1 heterocycles. The molecule has 0 atom stereocenters. The lowest BCUT2D eigenvalue weighted by Crippen LogP contribution is -2.26. The highest BCUT2D eigenvalue weighted by Crippen LogP contribution is 2.19. The normalized spacial score (nSPS) is 13.8. The number of pyridine rings is 1. The summed E-state index contributed by atoms with van der Waals surface area (Å²) < 4.78 is 0. The summed E-state index contributed by atoms with van der Waals surface area (Å²) in [5.74, 6) is -0.102. The number of hydrogen-bond donors (Lipinski definition) is 2. The SMILES string of the molecule is O=C(NC1CC1)c1ccc(NCc2ccccc2Cl)cn1. The lowest BCUT2D eigenvalue weighted by atomic mass is 10.2. The van der Waals surface area contributed by atoms with Gasteiger partial charge in [-0.25, -0.2) is 4.98 Å². The second kappa shape index (κ2) is 6.14. The number of halogens is 1. The van der Waals surface area contributed by atoms with Crippen LogP contribution in [0.5, 0.6) is 0 Å². The molecule has 2 N–H and O–H groups in total. The Hall–Kier alpha value is -2.07. The molecule has 0 bridgehead atoms. The van der Waals surface area contributed by atoms with Crippen molar-refractivity contribution >= 4 is 23.2 Å². The average Bonchev–Trinajstić information content (AvgIpc) is 3.31. The highest BCUT2D eigenvalue weighted by molar-refractivity contribution is 6.31. The smallest absolute Gasteiger partial charge is 0.270 e. The summed E-state index contributed by atoms with van der Waals surface area (Å²) in [6, 6.07) is 11.6. The van der Waals surface area contributed by atoms with Gasteiger partial charge in [0.05, 0.1) is 11.9 Å². The van der Waals surface area contributed by atoms with Crippen molar-refractivity contribution in [1.29, 1.82) is 0 Å². The monoisotopic (exact) mass is 301 g/mol. The molecule has 0 spiro atoms. The van der Waals surface area contributed by atoms with Crippen molar-refractivity contribution < 1.29 is 4.79 Å². The fourth-order valence-corrected chi connectivity index (χ4v) is 2.16. The van der Waals surface area contributed by atoms with Crippen LogP contribution in [-0.2, 0) is 6.54 Å². The molecule has 1 aromatic carbocycles. The first kappa shape index (κ1) is 13.9. The van der Waals surface area contributed by atoms with E-state index in [0.29, 0.717) is 18.3 Å². The number of amides is 1. The van der Waals surface area contributed by atoms with Gasteiger partial charge in [-0.15, -0.1) is 0 Å². The van der Waals surface area contributed by atoms with Gasteiger partial charge in [-0.1, -0.05) is 29.8 Å². The van der Waals surface area contributed by atoms with Gasteiger partial charge in [-0.05, 0) is 36.6 Å². The molecule has 0 radical (unpaired) electrons. The zero-order chi connectivity index (χ0) is 14.7. The topological polar surface area (TPSA) is 54.0 Å². The lowest BCUT2D eigenvalue weighted by Gasteiger charge is -2.08. The first-order chi connectivity index (χ1) is 10.2. The standard InChI is InChI=1S/C16H16ClN3O/c17-14-4-2-1-3-11(14)9-18-13-7-8-15(19-10-13)16(21)20-12-5-6-12/h1-4,7-8,10,12,18H,5-6,9H2,(H,20,21). The van der Waals surface area contributed by atoms with Crippen molar-refractivity contribution in [1.82, 2.24) is 10.3 Å². The number of anilines is 1. The maximum atomic E-state index is 11.8. The molecule has 1 amide bonds. The van der Waals surface area contributed by atoms with Gasteiger partial charge in [-0.3, -0.25) is 4.79 Å². The molecule has 1 aliphatic rings. The molecule has 0 aliphatic heterocycles. The third kappa shape index (κ3) is 3.73. The third-order valence-corrected chi connectivity index (χ3v) is 3.72. The van der Waals surface area contributed by atoms with Gasteiger partial charge < -0.3 is 10.6 Å². The van der Waals surface area contributed by atoms with Crippen LogP contribution >= 0.6 is 11.6 Å². The van der Waals surface area contributed by atoms with E-state index in [1.165, 1.54) is 0 Å². The molecule has 108 valence electrons.